The summed E-state index contributed by atoms with van der Waals surface area (Å²) in [6.07, 6.45) is 8.78. The van der Waals surface area contributed by atoms with Crippen LogP contribution >= 0.6 is 11.6 Å². The van der Waals surface area contributed by atoms with Gasteiger partial charge in [0, 0.05) is 38.0 Å². The molecule has 1 aliphatic carbocycles. The number of amides is 1. The summed E-state index contributed by atoms with van der Waals surface area (Å²) in [7, 11) is 0. The van der Waals surface area contributed by atoms with Gasteiger partial charge < -0.3 is 14.5 Å². The summed E-state index contributed by atoms with van der Waals surface area (Å²) >= 11 is 5.95. The number of hydrogen-bond donors (Lipinski definition) is 0. The second-order valence-corrected chi connectivity index (χ2v) is 8.20. The van der Waals surface area contributed by atoms with E-state index in [9.17, 15) is 4.79 Å². The number of hydrogen-bond acceptors (Lipinski definition) is 6. The van der Waals surface area contributed by atoms with Gasteiger partial charge in [-0.25, -0.2) is 9.97 Å². The Morgan fingerprint density at radius 2 is 1.96 bits per heavy atom. The molecule has 8 heteroatoms. The Labute approximate surface area is 168 Å². The molecule has 2 saturated heterocycles. The third kappa shape index (κ3) is 3.63. The zero-order valence-electron chi connectivity index (χ0n) is 15.5. The second kappa shape index (κ2) is 7.20. The van der Waals surface area contributed by atoms with Crippen molar-refractivity contribution in [2.24, 2.45) is 0 Å². The van der Waals surface area contributed by atoms with Gasteiger partial charge in [-0.05, 0) is 25.0 Å². The van der Waals surface area contributed by atoms with Crippen molar-refractivity contribution in [3.63, 3.8) is 0 Å². The lowest BCUT2D eigenvalue weighted by atomic mass is 10.2. The summed E-state index contributed by atoms with van der Waals surface area (Å²) in [5.41, 5.74) is 1.05. The summed E-state index contributed by atoms with van der Waals surface area (Å²) < 4.78 is 6.05. The van der Waals surface area contributed by atoms with E-state index in [-0.39, 0.29) is 18.1 Å². The lowest BCUT2D eigenvalue weighted by Crippen LogP contribution is -2.38. The molecule has 0 N–H and O–H groups in total. The maximum absolute atomic E-state index is 12.6. The van der Waals surface area contributed by atoms with Crippen molar-refractivity contribution in [3.05, 3.63) is 41.4 Å². The first-order valence-corrected chi connectivity index (χ1v) is 10.2. The fourth-order valence-electron chi connectivity index (χ4n) is 4.07. The quantitative estimate of drug-likeness (QED) is 0.787. The first-order valence-electron chi connectivity index (χ1n) is 9.80. The van der Waals surface area contributed by atoms with Crippen molar-refractivity contribution < 1.29 is 9.53 Å². The molecule has 4 heterocycles. The van der Waals surface area contributed by atoms with Gasteiger partial charge in [-0.1, -0.05) is 11.6 Å². The summed E-state index contributed by atoms with van der Waals surface area (Å²) in [5, 5.41) is 0.611. The number of halogens is 1. The molecule has 1 saturated carbocycles. The maximum atomic E-state index is 12.6. The van der Waals surface area contributed by atoms with Crippen molar-refractivity contribution in [1.82, 2.24) is 19.9 Å². The van der Waals surface area contributed by atoms with E-state index in [1.54, 1.807) is 12.4 Å². The first-order chi connectivity index (χ1) is 13.7. The van der Waals surface area contributed by atoms with Crippen LogP contribution in [0, 0.1) is 0 Å². The lowest BCUT2D eigenvalue weighted by molar-refractivity contribution is -0.131. The average molecular weight is 400 g/mol. The van der Waals surface area contributed by atoms with Gasteiger partial charge in [-0.15, -0.1) is 0 Å². The van der Waals surface area contributed by atoms with Crippen LogP contribution in [0.1, 0.15) is 37.3 Å². The Hall–Kier alpha value is -2.41. The van der Waals surface area contributed by atoms with Crippen LogP contribution in [0.2, 0.25) is 5.02 Å². The maximum Gasteiger partial charge on any atom is 0.232 e. The smallest absolute Gasteiger partial charge is 0.232 e. The molecule has 3 fully saturated rings. The van der Waals surface area contributed by atoms with Crippen molar-refractivity contribution in [2.45, 2.75) is 43.7 Å². The average Bonchev–Trinajstić information content (AvgIpc) is 3.49. The van der Waals surface area contributed by atoms with E-state index in [1.165, 1.54) is 12.8 Å². The molecule has 0 radical (unpaired) electrons. The monoisotopic (exact) mass is 399 g/mol. The number of pyridine rings is 1. The minimum atomic E-state index is -0.0619. The number of aromatic nitrogens is 3. The van der Waals surface area contributed by atoms with Crippen LogP contribution in [0.3, 0.4) is 0 Å². The Kier molecular flexibility index (Phi) is 4.55. The molecule has 2 aromatic heterocycles. The molecular weight excluding hydrogens is 378 g/mol. The number of nitrogens with zero attached hydrogens (tertiary/aromatic N) is 5. The van der Waals surface area contributed by atoms with Gasteiger partial charge in [-0.3, -0.25) is 9.78 Å². The SMILES string of the molecule is O=C1CCN(c2ccc(Cl)cn2)C[C@H]2C[C@H](Oc3cnc(C4CC4)cn3)CN12. The van der Waals surface area contributed by atoms with E-state index < -0.39 is 0 Å². The van der Waals surface area contributed by atoms with Gasteiger partial charge in [-0.2, -0.15) is 0 Å². The van der Waals surface area contributed by atoms with Crippen molar-refractivity contribution in [3.8, 4) is 5.88 Å². The van der Waals surface area contributed by atoms with E-state index >= 15 is 0 Å². The highest BCUT2D eigenvalue weighted by atomic mass is 35.5. The van der Waals surface area contributed by atoms with Crippen LogP contribution in [-0.2, 0) is 4.79 Å². The van der Waals surface area contributed by atoms with Crippen molar-refractivity contribution in [2.75, 3.05) is 24.5 Å². The Morgan fingerprint density at radius 3 is 2.68 bits per heavy atom. The Balaban J connectivity index is 1.26. The van der Waals surface area contributed by atoms with Crippen LogP contribution in [-0.4, -0.2) is 57.5 Å². The number of carbonyl (C=O) groups excluding carboxylic acids is 1. The predicted octanol–water partition coefficient (Wildman–Crippen LogP) is 2.66. The van der Waals surface area contributed by atoms with E-state index in [2.05, 4.69) is 19.9 Å². The summed E-state index contributed by atoms with van der Waals surface area (Å²) in [6.45, 7) is 2.00. The molecule has 3 aliphatic rings. The predicted molar refractivity (Wildman–Crippen MR) is 105 cm³/mol. The zero-order chi connectivity index (χ0) is 19.1. The lowest BCUT2D eigenvalue weighted by Gasteiger charge is -2.26. The molecule has 0 unspecified atom stereocenters. The Morgan fingerprint density at radius 1 is 1.07 bits per heavy atom. The van der Waals surface area contributed by atoms with Gasteiger partial charge in [0.05, 0.1) is 35.7 Å². The molecule has 28 heavy (non-hydrogen) atoms. The number of fused-ring (bicyclic) bond motifs is 1. The van der Waals surface area contributed by atoms with Crippen LogP contribution < -0.4 is 9.64 Å². The molecular formula is C20H22ClN5O2. The minimum Gasteiger partial charge on any atom is -0.471 e. The largest absolute Gasteiger partial charge is 0.471 e. The standard InChI is InChI=1S/C20H22ClN5O2/c21-14-3-4-18(23-8-14)25-6-5-20(27)26-12-16(7-15(26)11-25)28-19-10-22-17(9-24-19)13-1-2-13/h3-4,8-10,13,15-16H,1-2,5-7,11-12H2/t15-,16+/m1/s1. The second-order valence-electron chi connectivity index (χ2n) is 7.76. The Bertz CT molecular complexity index is 856. The highest BCUT2D eigenvalue weighted by Crippen LogP contribution is 2.38. The van der Waals surface area contributed by atoms with Gasteiger partial charge in [0.1, 0.15) is 11.9 Å². The molecule has 0 spiro atoms. The summed E-state index contributed by atoms with van der Waals surface area (Å²) in [4.78, 5) is 30.0. The third-order valence-electron chi connectivity index (χ3n) is 5.69. The third-order valence-corrected chi connectivity index (χ3v) is 5.91. The fraction of sp³-hybridized carbons (Fsp3) is 0.500. The van der Waals surface area contributed by atoms with Gasteiger partial charge in [0.15, 0.2) is 0 Å². The molecule has 146 valence electrons. The first kappa shape index (κ1) is 17.7. The molecule has 1 amide bonds. The summed E-state index contributed by atoms with van der Waals surface area (Å²) in [5.74, 6) is 2.14. The number of rotatable bonds is 4. The highest BCUT2D eigenvalue weighted by Gasteiger charge is 2.39. The van der Waals surface area contributed by atoms with Crippen molar-refractivity contribution in [1.29, 1.82) is 0 Å². The zero-order valence-corrected chi connectivity index (χ0v) is 16.3. The van der Waals surface area contributed by atoms with Gasteiger partial charge in [0.25, 0.3) is 0 Å². The van der Waals surface area contributed by atoms with E-state index in [1.807, 2.05) is 23.2 Å². The number of carbonyl (C=O) groups is 1. The van der Waals surface area contributed by atoms with Crippen LogP contribution in [0.5, 0.6) is 5.88 Å². The molecule has 5 rings (SSSR count). The molecule has 2 aliphatic heterocycles. The van der Waals surface area contributed by atoms with E-state index in [4.69, 9.17) is 16.3 Å². The molecule has 0 bridgehead atoms. The molecule has 2 atom stereocenters. The van der Waals surface area contributed by atoms with Crippen LogP contribution in [0.15, 0.2) is 30.7 Å². The normalized spacial score (nSPS) is 24.8. The molecule has 0 aromatic carbocycles. The topological polar surface area (TPSA) is 71.5 Å². The number of anilines is 1. The fourth-order valence-corrected chi connectivity index (χ4v) is 4.18. The van der Waals surface area contributed by atoms with E-state index in [0.29, 0.717) is 36.3 Å². The highest BCUT2D eigenvalue weighted by molar-refractivity contribution is 6.30. The minimum absolute atomic E-state index is 0.0619. The van der Waals surface area contributed by atoms with Gasteiger partial charge >= 0.3 is 0 Å². The van der Waals surface area contributed by atoms with Gasteiger partial charge in [0.2, 0.25) is 11.8 Å². The molecule has 2 aromatic rings. The van der Waals surface area contributed by atoms with Crippen molar-refractivity contribution >= 4 is 23.3 Å². The summed E-state index contributed by atoms with van der Waals surface area (Å²) in [6, 6.07) is 3.84. The van der Waals surface area contributed by atoms with E-state index in [0.717, 1.165) is 24.5 Å². The van der Waals surface area contributed by atoms with Crippen LogP contribution in [0.25, 0.3) is 0 Å². The number of ether oxygens (including phenoxy) is 1. The van der Waals surface area contributed by atoms with Crippen LogP contribution in [0.4, 0.5) is 5.82 Å². The molecule has 7 nitrogen and oxygen atoms in total.